The summed E-state index contributed by atoms with van der Waals surface area (Å²) in [6.07, 6.45) is 7.47. The maximum Gasteiger partial charge on any atom is 0.119 e. The van der Waals surface area contributed by atoms with Gasteiger partial charge >= 0.3 is 0 Å². The molecule has 0 spiro atoms. The van der Waals surface area contributed by atoms with Crippen LogP contribution < -0.4 is 4.74 Å². The number of methoxy groups -OCH3 is 1. The number of benzene rings is 2. The zero-order valence-corrected chi connectivity index (χ0v) is 12.7. The molecule has 0 atom stereocenters. The number of nitrogens with zero attached hydrogens (tertiary/aromatic N) is 3. The summed E-state index contributed by atoms with van der Waals surface area (Å²) in [5.74, 6) is 0.865. The molecule has 0 amide bonds. The summed E-state index contributed by atoms with van der Waals surface area (Å²) in [5, 5.41) is 6.78. The average Bonchev–Trinajstić information content (AvgIpc) is 3.11. The number of rotatable bonds is 3. The molecule has 2 aromatic heterocycles. The van der Waals surface area contributed by atoms with E-state index in [0.29, 0.717) is 0 Å². The molecule has 112 valence electrons. The third-order valence-corrected chi connectivity index (χ3v) is 3.89. The molecule has 0 saturated heterocycles. The van der Waals surface area contributed by atoms with Crippen LogP contribution in [-0.4, -0.2) is 21.9 Å². The molecule has 0 aliphatic carbocycles. The van der Waals surface area contributed by atoms with Gasteiger partial charge in [0.25, 0.3) is 0 Å². The number of ether oxygens (including phenoxy) is 1. The van der Waals surface area contributed by atoms with E-state index in [1.165, 1.54) is 0 Å². The fourth-order valence-corrected chi connectivity index (χ4v) is 2.64. The van der Waals surface area contributed by atoms with Gasteiger partial charge in [0.15, 0.2) is 0 Å². The van der Waals surface area contributed by atoms with Gasteiger partial charge in [-0.15, -0.1) is 0 Å². The van der Waals surface area contributed by atoms with Crippen LogP contribution in [0.25, 0.3) is 27.6 Å². The van der Waals surface area contributed by atoms with E-state index in [1.54, 1.807) is 19.5 Å². The molecule has 2 heterocycles. The van der Waals surface area contributed by atoms with Crippen molar-refractivity contribution in [2.24, 2.45) is 0 Å². The minimum atomic E-state index is 0.865. The van der Waals surface area contributed by atoms with Gasteiger partial charge in [-0.25, -0.2) is 4.68 Å². The van der Waals surface area contributed by atoms with Crippen LogP contribution in [0.1, 0.15) is 0 Å². The lowest BCUT2D eigenvalue weighted by atomic mass is 10.1. The van der Waals surface area contributed by atoms with Crippen molar-refractivity contribution in [1.82, 2.24) is 14.8 Å². The van der Waals surface area contributed by atoms with Crippen LogP contribution in [0.3, 0.4) is 0 Å². The minimum absolute atomic E-state index is 0.865. The average molecular weight is 301 g/mol. The Morgan fingerprint density at radius 2 is 1.65 bits per heavy atom. The normalized spacial score (nSPS) is 10.8. The van der Waals surface area contributed by atoms with E-state index in [2.05, 4.69) is 34.3 Å². The zero-order chi connectivity index (χ0) is 15.6. The van der Waals surface area contributed by atoms with E-state index in [-0.39, 0.29) is 0 Å². The maximum atomic E-state index is 5.27. The Labute approximate surface area is 134 Å². The Kier molecular flexibility index (Phi) is 3.27. The van der Waals surface area contributed by atoms with Crippen molar-refractivity contribution in [3.8, 4) is 22.6 Å². The first-order chi connectivity index (χ1) is 11.3. The monoisotopic (exact) mass is 301 g/mol. The van der Waals surface area contributed by atoms with E-state index in [1.807, 2.05) is 41.3 Å². The van der Waals surface area contributed by atoms with Crippen molar-refractivity contribution in [1.29, 1.82) is 0 Å². The van der Waals surface area contributed by atoms with Gasteiger partial charge in [-0.1, -0.05) is 12.1 Å². The lowest BCUT2D eigenvalue weighted by Crippen LogP contribution is -1.93. The molecule has 4 nitrogen and oxygen atoms in total. The second kappa shape index (κ2) is 5.57. The summed E-state index contributed by atoms with van der Waals surface area (Å²) >= 11 is 0. The van der Waals surface area contributed by atoms with Gasteiger partial charge in [0.05, 0.1) is 19.0 Å². The summed E-state index contributed by atoms with van der Waals surface area (Å²) in [5.41, 5.74) is 3.21. The second-order valence-electron chi connectivity index (χ2n) is 5.31. The first-order valence-electron chi connectivity index (χ1n) is 7.37. The van der Waals surface area contributed by atoms with Crippen LogP contribution in [0, 0.1) is 0 Å². The SMILES string of the molecule is COc1ccc2cc(-n3cc(-c4ccncc4)cn3)ccc2c1. The van der Waals surface area contributed by atoms with Crippen molar-refractivity contribution < 1.29 is 4.74 Å². The molecule has 0 radical (unpaired) electrons. The molecule has 0 fully saturated rings. The first kappa shape index (κ1) is 13.5. The van der Waals surface area contributed by atoms with Crippen LogP contribution in [0.5, 0.6) is 5.75 Å². The Bertz CT molecular complexity index is 961. The van der Waals surface area contributed by atoms with Crippen LogP contribution >= 0.6 is 0 Å². The molecule has 0 aliphatic heterocycles. The third kappa shape index (κ3) is 2.55. The standard InChI is InChI=1S/C19H15N3O/c1-23-19-5-3-15-10-18(4-2-16(15)11-19)22-13-17(12-21-22)14-6-8-20-9-7-14/h2-13H,1H3. The van der Waals surface area contributed by atoms with Crippen molar-refractivity contribution >= 4 is 10.8 Å². The van der Waals surface area contributed by atoms with E-state index in [4.69, 9.17) is 4.74 Å². The topological polar surface area (TPSA) is 39.9 Å². The number of hydrogen-bond donors (Lipinski definition) is 0. The molecule has 4 rings (SSSR count). The molecule has 4 heteroatoms. The predicted molar refractivity (Wildman–Crippen MR) is 90.9 cm³/mol. The van der Waals surface area contributed by atoms with Crippen LogP contribution in [-0.2, 0) is 0 Å². The molecule has 0 N–H and O–H groups in total. The number of fused-ring (bicyclic) bond motifs is 1. The smallest absolute Gasteiger partial charge is 0.119 e. The summed E-state index contributed by atoms with van der Waals surface area (Å²) in [6, 6.07) is 16.3. The third-order valence-electron chi connectivity index (χ3n) is 3.89. The highest BCUT2D eigenvalue weighted by molar-refractivity contribution is 5.85. The second-order valence-corrected chi connectivity index (χ2v) is 5.31. The van der Waals surface area contributed by atoms with Crippen molar-refractivity contribution in [3.05, 3.63) is 73.3 Å². The molecular formula is C19H15N3O. The molecule has 23 heavy (non-hydrogen) atoms. The molecule has 0 unspecified atom stereocenters. The van der Waals surface area contributed by atoms with Gasteiger partial charge in [-0.3, -0.25) is 4.98 Å². The number of hydrogen-bond acceptors (Lipinski definition) is 3. The van der Waals surface area contributed by atoms with E-state index < -0.39 is 0 Å². The lowest BCUT2D eigenvalue weighted by Gasteiger charge is -2.06. The fourth-order valence-electron chi connectivity index (χ4n) is 2.64. The largest absolute Gasteiger partial charge is 0.497 e. The first-order valence-corrected chi connectivity index (χ1v) is 7.37. The van der Waals surface area contributed by atoms with E-state index >= 15 is 0 Å². The summed E-state index contributed by atoms with van der Waals surface area (Å²) < 4.78 is 7.16. The Morgan fingerprint density at radius 3 is 2.48 bits per heavy atom. The van der Waals surface area contributed by atoms with Gasteiger partial charge in [0, 0.05) is 24.2 Å². The minimum Gasteiger partial charge on any atom is -0.497 e. The van der Waals surface area contributed by atoms with Crippen molar-refractivity contribution in [3.63, 3.8) is 0 Å². The highest BCUT2D eigenvalue weighted by Crippen LogP contribution is 2.24. The van der Waals surface area contributed by atoms with E-state index in [9.17, 15) is 0 Å². The predicted octanol–water partition coefficient (Wildman–Crippen LogP) is 4.10. The molecule has 2 aromatic carbocycles. The highest BCUT2D eigenvalue weighted by Gasteiger charge is 2.05. The van der Waals surface area contributed by atoms with Gasteiger partial charge < -0.3 is 4.74 Å². The highest BCUT2D eigenvalue weighted by atomic mass is 16.5. The zero-order valence-electron chi connectivity index (χ0n) is 12.7. The Morgan fingerprint density at radius 1 is 0.870 bits per heavy atom. The Balaban J connectivity index is 1.73. The van der Waals surface area contributed by atoms with E-state index in [0.717, 1.165) is 33.3 Å². The maximum absolute atomic E-state index is 5.27. The van der Waals surface area contributed by atoms with Crippen molar-refractivity contribution in [2.45, 2.75) is 0 Å². The van der Waals surface area contributed by atoms with Crippen molar-refractivity contribution in [2.75, 3.05) is 7.11 Å². The fraction of sp³-hybridized carbons (Fsp3) is 0.0526. The van der Waals surface area contributed by atoms with Gasteiger partial charge in [0.2, 0.25) is 0 Å². The summed E-state index contributed by atoms with van der Waals surface area (Å²) in [4.78, 5) is 4.05. The Hall–Kier alpha value is -3.14. The lowest BCUT2D eigenvalue weighted by molar-refractivity contribution is 0.415. The quantitative estimate of drug-likeness (QED) is 0.572. The van der Waals surface area contributed by atoms with Gasteiger partial charge in [-0.05, 0) is 52.7 Å². The molecule has 4 aromatic rings. The van der Waals surface area contributed by atoms with Crippen LogP contribution in [0.4, 0.5) is 0 Å². The molecule has 0 aliphatic rings. The number of pyridine rings is 1. The number of aromatic nitrogens is 3. The molecular weight excluding hydrogens is 286 g/mol. The molecule has 0 bridgehead atoms. The summed E-state index contributed by atoms with van der Waals surface area (Å²) in [6.45, 7) is 0. The van der Waals surface area contributed by atoms with Crippen LogP contribution in [0.2, 0.25) is 0 Å². The van der Waals surface area contributed by atoms with Gasteiger partial charge in [0.1, 0.15) is 5.75 Å². The van der Waals surface area contributed by atoms with Gasteiger partial charge in [-0.2, -0.15) is 5.10 Å². The van der Waals surface area contributed by atoms with Crippen LogP contribution in [0.15, 0.2) is 73.3 Å². The summed E-state index contributed by atoms with van der Waals surface area (Å²) in [7, 11) is 1.68. The molecule has 0 saturated carbocycles.